The molecule has 3 heteroatoms. The molecule has 0 atom stereocenters. The lowest BCUT2D eigenvalue weighted by molar-refractivity contribution is 0.748. The number of H-pyrrole nitrogens is 1. The Bertz CT molecular complexity index is 797. The van der Waals surface area contributed by atoms with E-state index < -0.39 is 0 Å². The van der Waals surface area contributed by atoms with Gasteiger partial charge in [0.15, 0.2) is 0 Å². The van der Waals surface area contributed by atoms with Crippen molar-refractivity contribution >= 4 is 22.2 Å². The van der Waals surface area contributed by atoms with Crippen LogP contribution in [0.3, 0.4) is 0 Å². The van der Waals surface area contributed by atoms with E-state index in [1.54, 1.807) is 0 Å². The highest BCUT2D eigenvalue weighted by Crippen LogP contribution is 2.36. The Hall–Kier alpha value is -1.58. The summed E-state index contributed by atoms with van der Waals surface area (Å²) in [6, 6.07) is 9.08. The van der Waals surface area contributed by atoms with Gasteiger partial charge in [0.1, 0.15) is 0 Å². The molecule has 1 aromatic carbocycles. The van der Waals surface area contributed by atoms with E-state index in [0.29, 0.717) is 0 Å². The number of nitrogens with one attached hydrogen (secondary N) is 1. The van der Waals surface area contributed by atoms with Gasteiger partial charge in [-0.2, -0.15) is 0 Å². The van der Waals surface area contributed by atoms with Crippen LogP contribution in [0, 0.1) is 6.92 Å². The fraction of sp³-hybridized carbons (Fsp3) is 0.429. The summed E-state index contributed by atoms with van der Waals surface area (Å²) in [4.78, 5) is 5.13. The molecule has 0 fully saturated rings. The van der Waals surface area contributed by atoms with E-state index in [-0.39, 0.29) is 0 Å². The summed E-state index contributed by atoms with van der Waals surface area (Å²) in [5.41, 5.74) is 12.6. The van der Waals surface area contributed by atoms with Gasteiger partial charge in [-0.15, -0.1) is 11.3 Å². The molecule has 0 radical (unpaired) electrons. The first kappa shape index (κ1) is 17.2. The molecule has 128 valence electrons. The van der Waals surface area contributed by atoms with Crippen LogP contribution in [0.25, 0.3) is 21.5 Å². The molecular weight excluding hydrogens is 312 g/mol. The van der Waals surface area contributed by atoms with Crippen LogP contribution in [0.5, 0.6) is 0 Å². The Morgan fingerprint density at radius 3 is 2.71 bits per heavy atom. The Kier molecular flexibility index (Phi) is 5.75. The summed E-state index contributed by atoms with van der Waals surface area (Å²) in [7, 11) is 0. The molecule has 2 aromatic heterocycles. The van der Waals surface area contributed by atoms with Crippen molar-refractivity contribution in [2.24, 2.45) is 5.73 Å². The molecule has 0 aliphatic heterocycles. The summed E-state index contributed by atoms with van der Waals surface area (Å²) in [5, 5.41) is 3.64. The fourth-order valence-electron chi connectivity index (χ4n) is 3.39. The summed E-state index contributed by atoms with van der Waals surface area (Å²) < 4.78 is 0. The average Bonchev–Trinajstić information content (AvgIpc) is 3.17. The van der Waals surface area contributed by atoms with E-state index in [1.165, 1.54) is 51.0 Å². The van der Waals surface area contributed by atoms with Gasteiger partial charge in [-0.1, -0.05) is 31.5 Å². The maximum atomic E-state index is 5.71. The van der Waals surface area contributed by atoms with Gasteiger partial charge in [-0.25, -0.2) is 0 Å². The van der Waals surface area contributed by atoms with Crippen molar-refractivity contribution in [3.63, 3.8) is 0 Å². The minimum Gasteiger partial charge on any atom is -0.353 e. The molecule has 3 aromatic rings. The minimum atomic E-state index is 0.775. The maximum Gasteiger partial charge on any atom is 0.0598 e. The van der Waals surface area contributed by atoms with Crippen LogP contribution in [-0.2, 0) is 12.8 Å². The molecule has 24 heavy (non-hydrogen) atoms. The predicted octanol–water partition coefficient (Wildman–Crippen LogP) is 5.83. The number of thiophene rings is 1. The van der Waals surface area contributed by atoms with Gasteiger partial charge in [0.2, 0.25) is 0 Å². The first-order valence-electron chi connectivity index (χ1n) is 9.12. The predicted molar refractivity (Wildman–Crippen MR) is 107 cm³/mol. The number of hydrogen-bond donors (Lipinski definition) is 2. The van der Waals surface area contributed by atoms with Crippen LogP contribution < -0.4 is 5.73 Å². The van der Waals surface area contributed by atoms with Gasteiger partial charge >= 0.3 is 0 Å². The van der Waals surface area contributed by atoms with Gasteiger partial charge in [-0.05, 0) is 73.7 Å². The second-order valence-corrected chi connectivity index (χ2v) is 7.57. The first-order chi connectivity index (χ1) is 11.7. The van der Waals surface area contributed by atoms with Crippen LogP contribution >= 0.6 is 11.3 Å². The molecule has 3 N–H and O–H groups in total. The van der Waals surface area contributed by atoms with Crippen LogP contribution in [-0.4, -0.2) is 11.5 Å². The number of nitrogens with two attached hydrogens (primary N) is 1. The van der Waals surface area contributed by atoms with Crippen molar-refractivity contribution in [2.75, 3.05) is 6.54 Å². The van der Waals surface area contributed by atoms with Gasteiger partial charge in [0.05, 0.1) is 10.6 Å². The van der Waals surface area contributed by atoms with Crippen LogP contribution in [0.15, 0.2) is 29.6 Å². The average molecular weight is 341 g/mol. The third-order valence-electron chi connectivity index (χ3n) is 4.69. The quantitative estimate of drug-likeness (QED) is 0.498. The summed E-state index contributed by atoms with van der Waals surface area (Å²) in [6.07, 6.45) is 6.97. The standard InChI is InChI=1S/C21H28N2S/c1-3-4-8-16-9-7-11-17-18(10-5-6-12-22)21(23-20(16)17)19-13-15(2)14-24-19/h7,9,11,13-14,23H,3-6,8,10,12,22H2,1-2H3. The summed E-state index contributed by atoms with van der Waals surface area (Å²) in [5.74, 6) is 0. The van der Waals surface area contributed by atoms with Crippen LogP contribution in [0.2, 0.25) is 0 Å². The third-order valence-corrected chi connectivity index (χ3v) is 5.75. The third kappa shape index (κ3) is 3.57. The molecule has 0 amide bonds. The Labute approximate surface area is 149 Å². The topological polar surface area (TPSA) is 41.8 Å². The molecule has 2 nitrogen and oxygen atoms in total. The zero-order valence-corrected chi connectivity index (χ0v) is 15.6. The van der Waals surface area contributed by atoms with Crippen molar-refractivity contribution < 1.29 is 0 Å². The second-order valence-electron chi connectivity index (χ2n) is 6.66. The Morgan fingerprint density at radius 1 is 1.12 bits per heavy atom. The number of unbranched alkanes of at least 4 members (excludes halogenated alkanes) is 2. The highest BCUT2D eigenvalue weighted by atomic mass is 32.1. The molecule has 0 spiro atoms. The smallest absolute Gasteiger partial charge is 0.0598 e. The lowest BCUT2D eigenvalue weighted by Crippen LogP contribution is -1.99. The largest absolute Gasteiger partial charge is 0.353 e. The zero-order valence-electron chi connectivity index (χ0n) is 14.8. The summed E-state index contributed by atoms with van der Waals surface area (Å²) in [6.45, 7) is 5.20. The lowest BCUT2D eigenvalue weighted by Gasteiger charge is -2.04. The van der Waals surface area contributed by atoms with Gasteiger partial charge in [0.25, 0.3) is 0 Å². The second kappa shape index (κ2) is 8.00. The number of hydrogen-bond acceptors (Lipinski definition) is 2. The van der Waals surface area contributed by atoms with Gasteiger partial charge in [-0.3, -0.25) is 0 Å². The fourth-order valence-corrected chi connectivity index (χ4v) is 4.32. The molecule has 0 saturated carbocycles. The van der Waals surface area contributed by atoms with Crippen molar-refractivity contribution in [3.05, 3.63) is 46.3 Å². The molecular formula is C21H28N2S. The first-order valence-corrected chi connectivity index (χ1v) is 10.0. The van der Waals surface area contributed by atoms with E-state index in [2.05, 4.69) is 48.5 Å². The number of rotatable bonds is 8. The molecule has 0 unspecified atom stereocenters. The minimum absolute atomic E-state index is 0.775. The molecule has 0 saturated heterocycles. The molecule has 3 rings (SSSR count). The van der Waals surface area contributed by atoms with Crippen molar-refractivity contribution in [2.45, 2.75) is 52.4 Å². The van der Waals surface area contributed by atoms with E-state index in [4.69, 9.17) is 5.73 Å². The number of benzene rings is 1. The number of para-hydroxylation sites is 1. The number of aromatic amines is 1. The van der Waals surface area contributed by atoms with Crippen LogP contribution in [0.1, 0.15) is 49.3 Å². The van der Waals surface area contributed by atoms with Crippen molar-refractivity contribution in [3.8, 4) is 10.6 Å². The van der Waals surface area contributed by atoms with E-state index >= 15 is 0 Å². The van der Waals surface area contributed by atoms with Crippen LogP contribution in [0.4, 0.5) is 0 Å². The Morgan fingerprint density at radius 2 is 2.00 bits per heavy atom. The van der Waals surface area contributed by atoms with Crippen molar-refractivity contribution in [1.29, 1.82) is 0 Å². The number of aryl methyl sites for hydroxylation is 3. The number of fused-ring (bicyclic) bond motifs is 1. The van der Waals surface area contributed by atoms with E-state index in [9.17, 15) is 0 Å². The molecule has 2 heterocycles. The lowest BCUT2D eigenvalue weighted by atomic mass is 10.00. The van der Waals surface area contributed by atoms with Crippen molar-refractivity contribution in [1.82, 2.24) is 4.98 Å². The SMILES string of the molecule is CCCCc1cccc2c(CCCCN)c(-c3cc(C)cs3)[nH]c12. The van der Waals surface area contributed by atoms with Gasteiger partial charge < -0.3 is 10.7 Å². The maximum absolute atomic E-state index is 5.71. The monoisotopic (exact) mass is 340 g/mol. The highest BCUT2D eigenvalue weighted by molar-refractivity contribution is 7.13. The zero-order chi connectivity index (χ0) is 16.9. The van der Waals surface area contributed by atoms with Gasteiger partial charge in [0, 0.05) is 10.9 Å². The van der Waals surface area contributed by atoms with E-state index in [1.807, 2.05) is 11.3 Å². The molecule has 0 aliphatic carbocycles. The number of aromatic nitrogens is 1. The normalized spacial score (nSPS) is 11.5. The molecule has 0 aliphatic rings. The molecule has 0 bridgehead atoms. The highest BCUT2D eigenvalue weighted by Gasteiger charge is 2.16. The van der Waals surface area contributed by atoms with E-state index in [0.717, 1.165) is 32.2 Å². The summed E-state index contributed by atoms with van der Waals surface area (Å²) >= 11 is 1.84. The Balaban J connectivity index is 2.08.